The second-order valence-electron chi connectivity index (χ2n) is 6.61. The van der Waals surface area contributed by atoms with Gasteiger partial charge in [0.25, 0.3) is 0 Å². The van der Waals surface area contributed by atoms with E-state index in [1.165, 1.54) is 12.8 Å². The average Bonchev–Trinajstić information content (AvgIpc) is 3.04. The fraction of sp³-hybridized carbons (Fsp3) is 0.211. The standard InChI is InChI=1S/C19H17N5OS/c25-18-16(23-19(24-18)22-7-11-1-2-11)6-14-9-21-17-15(14)5-13(8-20-17)12-3-4-26-10-12/h3-6,8-11,25H,1-2,7H2,(H2,22,23,24)/b14-6-. The van der Waals surface area contributed by atoms with Crippen LogP contribution in [0.4, 0.5) is 11.8 Å². The summed E-state index contributed by atoms with van der Waals surface area (Å²) in [7, 11) is 0. The monoisotopic (exact) mass is 363 g/mol. The van der Waals surface area contributed by atoms with Crippen LogP contribution in [0.25, 0.3) is 22.8 Å². The molecule has 3 aromatic heterocycles. The predicted molar refractivity (Wildman–Crippen MR) is 105 cm³/mol. The molecule has 4 heterocycles. The average molecular weight is 363 g/mol. The number of anilines is 1. The van der Waals surface area contributed by atoms with Crippen molar-refractivity contribution in [3.05, 3.63) is 40.3 Å². The smallest absolute Gasteiger partial charge is 0.238 e. The van der Waals surface area contributed by atoms with Crippen LogP contribution in [0.1, 0.15) is 24.1 Å². The first-order chi connectivity index (χ1) is 12.8. The van der Waals surface area contributed by atoms with Crippen LogP contribution in [0.3, 0.4) is 0 Å². The van der Waals surface area contributed by atoms with Gasteiger partial charge in [0.1, 0.15) is 5.69 Å². The number of allylic oxidation sites excluding steroid dienone is 1. The third-order valence-corrected chi connectivity index (χ3v) is 5.31. The zero-order valence-corrected chi connectivity index (χ0v) is 14.8. The number of H-pyrrole nitrogens is 1. The molecule has 0 bridgehead atoms. The number of aromatic hydroxyl groups is 1. The van der Waals surface area contributed by atoms with Gasteiger partial charge in [-0.3, -0.25) is 0 Å². The highest BCUT2D eigenvalue weighted by atomic mass is 32.1. The summed E-state index contributed by atoms with van der Waals surface area (Å²) in [6.45, 7) is 0.890. The molecule has 0 unspecified atom stereocenters. The molecule has 0 saturated heterocycles. The lowest BCUT2D eigenvalue weighted by Crippen LogP contribution is -2.04. The summed E-state index contributed by atoms with van der Waals surface area (Å²) in [5.41, 5.74) is 4.63. The topological polar surface area (TPSA) is 86.2 Å². The zero-order valence-electron chi connectivity index (χ0n) is 13.9. The summed E-state index contributed by atoms with van der Waals surface area (Å²) in [4.78, 5) is 16.1. The minimum atomic E-state index is -0.0143. The molecule has 3 N–H and O–H groups in total. The fourth-order valence-corrected chi connectivity index (χ4v) is 3.62. The molecule has 1 aliphatic heterocycles. The van der Waals surface area contributed by atoms with Crippen molar-refractivity contribution < 1.29 is 5.11 Å². The summed E-state index contributed by atoms with van der Waals surface area (Å²) in [6.07, 6.45) is 8.01. The third kappa shape index (κ3) is 2.90. The Balaban J connectivity index is 1.45. The summed E-state index contributed by atoms with van der Waals surface area (Å²) in [6, 6.07) is 4.16. The lowest BCUT2D eigenvalue weighted by molar-refractivity contribution is 0.455. The molecule has 0 atom stereocenters. The molecule has 7 heteroatoms. The van der Waals surface area contributed by atoms with Crippen LogP contribution in [0.5, 0.6) is 5.88 Å². The summed E-state index contributed by atoms with van der Waals surface area (Å²) >= 11 is 1.66. The SMILES string of the molecule is Oc1nc(NCC2CC2)[nH]c1/C=C1/C=Nc2ncc(-c3ccsc3)cc21. The van der Waals surface area contributed by atoms with Gasteiger partial charge < -0.3 is 15.4 Å². The Morgan fingerprint density at radius 1 is 1.35 bits per heavy atom. The second-order valence-corrected chi connectivity index (χ2v) is 7.39. The van der Waals surface area contributed by atoms with E-state index in [-0.39, 0.29) is 5.88 Å². The number of thiophene rings is 1. The van der Waals surface area contributed by atoms with Crippen LogP contribution < -0.4 is 5.32 Å². The minimum absolute atomic E-state index is 0.0143. The fourth-order valence-electron chi connectivity index (χ4n) is 2.96. The van der Waals surface area contributed by atoms with Crippen molar-refractivity contribution in [1.29, 1.82) is 0 Å². The van der Waals surface area contributed by atoms with Crippen LogP contribution in [-0.4, -0.2) is 32.8 Å². The maximum Gasteiger partial charge on any atom is 0.238 e. The number of fused-ring (bicyclic) bond motifs is 1. The van der Waals surface area contributed by atoms with Crippen LogP contribution >= 0.6 is 11.3 Å². The highest BCUT2D eigenvalue weighted by Gasteiger charge is 2.21. The van der Waals surface area contributed by atoms with Gasteiger partial charge >= 0.3 is 0 Å². The Kier molecular flexibility index (Phi) is 3.60. The van der Waals surface area contributed by atoms with Crippen molar-refractivity contribution in [3.63, 3.8) is 0 Å². The number of aliphatic imine (C=N–C) groups is 1. The van der Waals surface area contributed by atoms with E-state index < -0.39 is 0 Å². The predicted octanol–water partition coefficient (Wildman–Crippen LogP) is 4.32. The van der Waals surface area contributed by atoms with Gasteiger partial charge in [0.2, 0.25) is 11.8 Å². The molecule has 0 radical (unpaired) electrons. The molecule has 1 saturated carbocycles. The number of aromatic nitrogens is 3. The number of aromatic amines is 1. The maximum absolute atomic E-state index is 10.1. The van der Waals surface area contributed by atoms with Gasteiger partial charge in [-0.2, -0.15) is 16.3 Å². The van der Waals surface area contributed by atoms with Crippen molar-refractivity contribution in [2.45, 2.75) is 12.8 Å². The Hall–Kier alpha value is -2.93. The molecular formula is C19H17N5OS. The van der Waals surface area contributed by atoms with Crippen LogP contribution in [0, 0.1) is 5.92 Å². The Bertz CT molecular complexity index is 1010. The number of pyridine rings is 1. The van der Waals surface area contributed by atoms with E-state index in [1.807, 2.05) is 12.3 Å². The Morgan fingerprint density at radius 2 is 2.27 bits per heavy atom. The van der Waals surface area contributed by atoms with E-state index in [0.29, 0.717) is 17.5 Å². The van der Waals surface area contributed by atoms with E-state index in [4.69, 9.17) is 0 Å². The quantitative estimate of drug-likeness (QED) is 0.630. The molecule has 0 amide bonds. The van der Waals surface area contributed by atoms with Crippen LogP contribution in [0.15, 0.2) is 34.1 Å². The molecule has 0 aromatic carbocycles. The number of hydrogen-bond donors (Lipinski definition) is 3. The van der Waals surface area contributed by atoms with Crippen molar-refractivity contribution in [1.82, 2.24) is 15.0 Å². The summed E-state index contributed by atoms with van der Waals surface area (Å²) in [5.74, 6) is 2.02. The van der Waals surface area contributed by atoms with E-state index in [2.05, 4.69) is 48.2 Å². The number of nitrogens with zero attached hydrogens (tertiary/aromatic N) is 3. The van der Waals surface area contributed by atoms with Crippen molar-refractivity contribution in [2.24, 2.45) is 10.9 Å². The van der Waals surface area contributed by atoms with Gasteiger partial charge in [-0.25, -0.2) is 9.98 Å². The van der Waals surface area contributed by atoms with Crippen molar-refractivity contribution in [3.8, 4) is 17.0 Å². The summed E-state index contributed by atoms with van der Waals surface area (Å²) < 4.78 is 0. The zero-order chi connectivity index (χ0) is 17.5. The first kappa shape index (κ1) is 15.3. The molecule has 2 aliphatic rings. The van der Waals surface area contributed by atoms with Gasteiger partial charge in [-0.1, -0.05) is 0 Å². The minimum Gasteiger partial charge on any atom is -0.492 e. The van der Waals surface area contributed by atoms with Crippen molar-refractivity contribution in [2.75, 3.05) is 11.9 Å². The van der Waals surface area contributed by atoms with Gasteiger partial charge in [0, 0.05) is 35.7 Å². The molecule has 1 fully saturated rings. The first-order valence-electron chi connectivity index (χ1n) is 8.58. The Labute approximate surface area is 154 Å². The Morgan fingerprint density at radius 3 is 3.08 bits per heavy atom. The highest BCUT2D eigenvalue weighted by Crippen LogP contribution is 2.35. The van der Waals surface area contributed by atoms with Crippen LogP contribution in [-0.2, 0) is 0 Å². The normalized spacial score (nSPS) is 17.0. The molecule has 130 valence electrons. The maximum atomic E-state index is 10.1. The number of rotatable bonds is 5. The molecule has 5 rings (SSSR count). The number of imidazole rings is 1. The second kappa shape index (κ2) is 6.10. The number of hydrogen-bond acceptors (Lipinski definition) is 6. The molecular weight excluding hydrogens is 346 g/mol. The molecule has 1 aliphatic carbocycles. The van der Waals surface area contributed by atoms with Crippen LogP contribution in [0.2, 0.25) is 0 Å². The van der Waals surface area contributed by atoms with Gasteiger partial charge in [0.05, 0.1) is 0 Å². The highest BCUT2D eigenvalue weighted by molar-refractivity contribution is 7.08. The lowest BCUT2D eigenvalue weighted by Gasteiger charge is -2.03. The lowest BCUT2D eigenvalue weighted by atomic mass is 10.0. The van der Waals surface area contributed by atoms with Gasteiger partial charge in [-0.15, -0.1) is 0 Å². The largest absolute Gasteiger partial charge is 0.492 e. The molecule has 6 nitrogen and oxygen atoms in total. The van der Waals surface area contributed by atoms with E-state index in [1.54, 1.807) is 17.6 Å². The van der Waals surface area contributed by atoms with Gasteiger partial charge in [0.15, 0.2) is 5.82 Å². The van der Waals surface area contributed by atoms with Crippen molar-refractivity contribution >= 4 is 41.0 Å². The molecule has 0 spiro atoms. The molecule has 26 heavy (non-hydrogen) atoms. The molecule has 3 aromatic rings. The van der Waals surface area contributed by atoms with E-state index in [0.717, 1.165) is 34.7 Å². The first-order valence-corrected chi connectivity index (χ1v) is 9.52. The van der Waals surface area contributed by atoms with Gasteiger partial charge in [-0.05, 0) is 53.3 Å². The number of nitrogens with one attached hydrogen (secondary N) is 2. The summed E-state index contributed by atoms with van der Waals surface area (Å²) in [5, 5.41) is 17.5. The van der Waals surface area contributed by atoms with E-state index in [9.17, 15) is 5.11 Å². The third-order valence-electron chi connectivity index (χ3n) is 4.62. The van der Waals surface area contributed by atoms with E-state index >= 15 is 0 Å².